The van der Waals surface area contributed by atoms with Crippen LogP contribution in [-0.2, 0) is 11.4 Å². The van der Waals surface area contributed by atoms with Crippen molar-refractivity contribution in [2.24, 2.45) is 0 Å². The first kappa shape index (κ1) is 22.2. The van der Waals surface area contributed by atoms with Gasteiger partial charge in [-0.3, -0.25) is 14.9 Å². The van der Waals surface area contributed by atoms with Gasteiger partial charge in [-0.1, -0.05) is 42.5 Å². The van der Waals surface area contributed by atoms with E-state index < -0.39 is 10.8 Å². The second kappa shape index (κ2) is 10.0. The van der Waals surface area contributed by atoms with Crippen LogP contribution >= 0.6 is 0 Å². The van der Waals surface area contributed by atoms with Gasteiger partial charge in [0, 0.05) is 12.1 Å². The van der Waals surface area contributed by atoms with E-state index in [1.807, 2.05) is 37.3 Å². The van der Waals surface area contributed by atoms with Gasteiger partial charge in [0.1, 0.15) is 24.0 Å². The third-order valence-corrected chi connectivity index (χ3v) is 4.89. The van der Waals surface area contributed by atoms with Crippen LogP contribution in [0.15, 0.2) is 72.3 Å². The molecule has 3 aromatic carbocycles. The number of aryl methyl sites for hydroxylation is 2. The van der Waals surface area contributed by atoms with E-state index in [1.54, 1.807) is 37.3 Å². The van der Waals surface area contributed by atoms with E-state index >= 15 is 0 Å². The molecule has 1 N–H and O–H groups in total. The van der Waals surface area contributed by atoms with Crippen molar-refractivity contribution in [2.75, 3.05) is 5.32 Å². The maximum atomic E-state index is 12.5. The molecule has 0 unspecified atom stereocenters. The minimum atomic E-state index is -0.643. The maximum absolute atomic E-state index is 12.5. The van der Waals surface area contributed by atoms with Gasteiger partial charge in [-0.25, -0.2) is 0 Å². The molecule has 7 nitrogen and oxygen atoms in total. The smallest absolute Gasteiger partial charge is 0.271 e. The number of amides is 1. The van der Waals surface area contributed by atoms with Crippen molar-refractivity contribution in [1.29, 1.82) is 5.26 Å². The predicted octanol–water partition coefficient (Wildman–Crippen LogP) is 5.34. The molecule has 1 amide bonds. The fraction of sp³-hybridized carbons (Fsp3) is 0.120. The van der Waals surface area contributed by atoms with Crippen LogP contribution in [0.2, 0.25) is 0 Å². The first-order valence-electron chi connectivity index (χ1n) is 9.83. The number of nitro benzene ring substituents is 1. The summed E-state index contributed by atoms with van der Waals surface area (Å²) >= 11 is 0. The molecule has 32 heavy (non-hydrogen) atoms. The monoisotopic (exact) mass is 427 g/mol. The number of nitro groups is 1. The number of carbonyl (C=O) groups excluding carboxylic acids is 1. The molecular formula is C25H21N3O4. The van der Waals surface area contributed by atoms with Gasteiger partial charge >= 0.3 is 0 Å². The van der Waals surface area contributed by atoms with Gasteiger partial charge in [-0.15, -0.1) is 0 Å². The van der Waals surface area contributed by atoms with Gasteiger partial charge in [0.25, 0.3) is 11.6 Å². The van der Waals surface area contributed by atoms with Gasteiger partial charge in [0.15, 0.2) is 0 Å². The summed E-state index contributed by atoms with van der Waals surface area (Å²) < 4.78 is 5.81. The first-order valence-corrected chi connectivity index (χ1v) is 9.83. The molecule has 0 saturated carbocycles. The fourth-order valence-electron chi connectivity index (χ4n) is 2.96. The Morgan fingerprint density at radius 1 is 1.09 bits per heavy atom. The molecule has 0 aromatic heterocycles. The van der Waals surface area contributed by atoms with Gasteiger partial charge in [0.05, 0.1) is 10.6 Å². The quantitative estimate of drug-likeness (QED) is 0.237. The number of nitriles is 1. The lowest BCUT2D eigenvalue weighted by atomic mass is 10.1. The fourth-order valence-corrected chi connectivity index (χ4v) is 2.96. The van der Waals surface area contributed by atoms with E-state index in [0.717, 1.165) is 11.1 Å². The Hall–Kier alpha value is -4.44. The Balaban J connectivity index is 1.70. The zero-order valence-electron chi connectivity index (χ0n) is 17.7. The molecular weight excluding hydrogens is 406 g/mol. The second-order valence-electron chi connectivity index (χ2n) is 7.16. The Morgan fingerprint density at radius 2 is 1.81 bits per heavy atom. The van der Waals surface area contributed by atoms with E-state index in [4.69, 9.17) is 4.74 Å². The Bertz CT molecular complexity index is 1220. The van der Waals surface area contributed by atoms with Crippen molar-refractivity contribution in [2.45, 2.75) is 20.5 Å². The van der Waals surface area contributed by atoms with E-state index in [2.05, 4.69) is 5.32 Å². The van der Waals surface area contributed by atoms with Gasteiger partial charge in [0.2, 0.25) is 0 Å². The number of nitrogens with zero attached hydrogens (tertiary/aromatic N) is 2. The molecule has 0 bridgehead atoms. The van der Waals surface area contributed by atoms with Crippen LogP contribution in [0.4, 0.5) is 11.4 Å². The Labute approximate surface area is 185 Å². The molecule has 3 aromatic rings. The Kier molecular flexibility index (Phi) is 6.99. The molecule has 0 aliphatic carbocycles. The number of ether oxygens (including phenoxy) is 1. The molecule has 160 valence electrons. The molecule has 0 atom stereocenters. The van der Waals surface area contributed by atoms with Crippen LogP contribution in [0.25, 0.3) is 6.08 Å². The highest BCUT2D eigenvalue weighted by Gasteiger charge is 2.14. The summed E-state index contributed by atoms with van der Waals surface area (Å²) in [5.41, 5.74) is 3.56. The highest BCUT2D eigenvalue weighted by atomic mass is 16.6. The lowest BCUT2D eigenvalue weighted by Crippen LogP contribution is -2.14. The molecule has 0 aliphatic heterocycles. The van der Waals surface area contributed by atoms with Gasteiger partial charge in [-0.05, 0) is 54.3 Å². The van der Waals surface area contributed by atoms with Crippen LogP contribution in [-0.4, -0.2) is 10.8 Å². The standard InChI is InChI=1S/C25H21N3O4/c1-17-5-3-4-6-20(17)16-32-23-11-8-19(9-12-23)13-21(15-26)25(29)27-24-14-22(28(30)31)10-7-18(24)2/h3-14H,16H2,1-2H3,(H,27,29)/b21-13+. The van der Waals surface area contributed by atoms with Gasteiger partial charge < -0.3 is 10.1 Å². The lowest BCUT2D eigenvalue weighted by Gasteiger charge is -2.09. The summed E-state index contributed by atoms with van der Waals surface area (Å²) in [5, 5.41) is 23.0. The summed E-state index contributed by atoms with van der Waals surface area (Å²) in [6, 6.07) is 21.0. The third-order valence-electron chi connectivity index (χ3n) is 4.89. The maximum Gasteiger partial charge on any atom is 0.271 e. The molecule has 0 heterocycles. The Morgan fingerprint density at radius 3 is 2.47 bits per heavy atom. The van der Waals surface area contributed by atoms with Crippen LogP contribution in [0.5, 0.6) is 5.75 Å². The number of hydrogen-bond acceptors (Lipinski definition) is 5. The van der Waals surface area contributed by atoms with Crippen molar-refractivity contribution in [1.82, 2.24) is 0 Å². The molecule has 0 radical (unpaired) electrons. The van der Waals surface area contributed by atoms with Crippen molar-refractivity contribution in [3.63, 3.8) is 0 Å². The minimum absolute atomic E-state index is 0.121. The number of non-ortho nitro benzene ring substituents is 1. The molecule has 0 saturated heterocycles. The van der Waals surface area contributed by atoms with Crippen molar-refractivity contribution >= 4 is 23.4 Å². The second-order valence-corrected chi connectivity index (χ2v) is 7.16. The number of anilines is 1. The van der Waals surface area contributed by atoms with E-state index in [-0.39, 0.29) is 16.9 Å². The van der Waals surface area contributed by atoms with Crippen LogP contribution in [0, 0.1) is 35.3 Å². The average molecular weight is 427 g/mol. The van der Waals surface area contributed by atoms with Crippen LogP contribution in [0.1, 0.15) is 22.3 Å². The van der Waals surface area contributed by atoms with E-state index in [1.165, 1.54) is 18.2 Å². The zero-order chi connectivity index (χ0) is 23.1. The van der Waals surface area contributed by atoms with Crippen molar-refractivity contribution in [3.8, 4) is 11.8 Å². The zero-order valence-corrected chi connectivity index (χ0v) is 17.7. The van der Waals surface area contributed by atoms with Crippen LogP contribution < -0.4 is 10.1 Å². The number of rotatable bonds is 7. The summed E-state index contributed by atoms with van der Waals surface area (Å²) in [7, 11) is 0. The lowest BCUT2D eigenvalue weighted by molar-refractivity contribution is -0.384. The largest absolute Gasteiger partial charge is 0.489 e. The average Bonchev–Trinajstić information content (AvgIpc) is 2.79. The number of hydrogen-bond donors (Lipinski definition) is 1. The molecule has 0 aliphatic rings. The minimum Gasteiger partial charge on any atom is -0.489 e. The summed E-state index contributed by atoms with van der Waals surface area (Å²) in [4.78, 5) is 23.0. The van der Waals surface area contributed by atoms with Crippen molar-refractivity contribution in [3.05, 3.63) is 105 Å². The number of benzene rings is 3. The van der Waals surface area contributed by atoms with E-state index in [0.29, 0.717) is 23.5 Å². The van der Waals surface area contributed by atoms with Crippen molar-refractivity contribution < 1.29 is 14.5 Å². The normalized spacial score (nSPS) is 10.8. The molecule has 0 fully saturated rings. The highest BCUT2D eigenvalue weighted by molar-refractivity contribution is 6.10. The number of nitrogens with one attached hydrogen (secondary N) is 1. The summed E-state index contributed by atoms with van der Waals surface area (Å²) in [6.07, 6.45) is 1.45. The molecule has 3 rings (SSSR count). The van der Waals surface area contributed by atoms with E-state index in [9.17, 15) is 20.2 Å². The summed E-state index contributed by atoms with van der Waals surface area (Å²) in [5.74, 6) is 0.0246. The third kappa shape index (κ3) is 5.58. The number of carbonyl (C=O) groups is 1. The summed E-state index contributed by atoms with van der Waals surface area (Å²) in [6.45, 7) is 4.18. The SMILES string of the molecule is Cc1ccccc1COc1ccc(/C=C(\C#N)C(=O)Nc2cc([N+](=O)[O-])ccc2C)cc1. The van der Waals surface area contributed by atoms with Crippen LogP contribution in [0.3, 0.4) is 0 Å². The predicted molar refractivity (Wildman–Crippen MR) is 122 cm³/mol. The molecule has 7 heteroatoms. The topological polar surface area (TPSA) is 105 Å². The highest BCUT2D eigenvalue weighted by Crippen LogP contribution is 2.23. The van der Waals surface area contributed by atoms with Gasteiger partial charge in [-0.2, -0.15) is 5.26 Å². The first-order chi connectivity index (χ1) is 15.4. The molecule has 0 spiro atoms.